The van der Waals surface area contributed by atoms with Gasteiger partial charge in [0.05, 0.1) is 0 Å². The first kappa shape index (κ1) is 19.3. The van der Waals surface area contributed by atoms with Crippen molar-refractivity contribution in [2.45, 2.75) is 11.8 Å². The molecule has 0 spiro atoms. The molecule has 5 nitrogen and oxygen atoms in total. The second kappa shape index (κ2) is 8.13. The molecule has 4 rings (SSSR count). The number of thioether (sulfide) groups is 1. The number of nitrogens with one attached hydrogen (secondary N) is 1. The number of carbonyl (C=O) groups is 1. The number of para-hydroxylation sites is 1. The largest absolute Gasteiger partial charge is 0.451 e. The van der Waals surface area contributed by atoms with Crippen molar-refractivity contribution in [1.82, 2.24) is 14.9 Å². The van der Waals surface area contributed by atoms with E-state index < -0.39 is 17.8 Å². The smallest absolute Gasteiger partial charge is 0.288 e. The average molecular weight is 409 g/mol. The number of hydrogen-bond acceptors (Lipinski definition) is 4. The van der Waals surface area contributed by atoms with Gasteiger partial charge >= 0.3 is 0 Å². The fourth-order valence-electron chi connectivity index (χ4n) is 3.41. The number of rotatable bonds is 6. The molecule has 1 unspecified atom stereocenters. The van der Waals surface area contributed by atoms with Crippen LogP contribution in [0.4, 0.5) is 4.39 Å². The van der Waals surface area contributed by atoms with Gasteiger partial charge < -0.3 is 14.3 Å². The molecule has 1 amide bonds. The minimum absolute atomic E-state index is 0.246. The van der Waals surface area contributed by atoms with Crippen LogP contribution in [-0.2, 0) is 12.8 Å². The van der Waals surface area contributed by atoms with Crippen molar-refractivity contribution in [3.63, 3.8) is 0 Å². The predicted octanol–water partition coefficient (Wildman–Crippen LogP) is 4.69. The molecule has 1 atom stereocenters. The van der Waals surface area contributed by atoms with Crippen LogP contribution in [-0.4, -0.2) is 21.7 Å². The van der Waals surface area contributed by atoms with Crippen LogP contribution in [0.1, 0.15) is 33.5 Å². The summed E-state index contributed by atoms with van der Waals surface area (Å²) in [4.78, 5) is 17.6. The highest BCUT2D eigenvalue weighted by molar-refractivity contribution is 7.97. The normalized spacial score (nSPS) is 12.2. The van der Waals surface area contributed by atoms with E-state index in [2.05, 4.69) is 10.3 Å². The van der Waals surface area contributed by atoms with E-state index in [1.807, 2.05) is 37.6 Å². The van der Waals surface area contributed by atoms with Gasteiger partial charge in [-0.1, -0.05) is 36.4 Å². The van der Waals surface area contributed by atoms with E-state index in [1.165, 1.54) is 6.07 Å². The van der Waals surface area contributed by atoms with Gasteiger partial charge in [-0.3, -0.25) is 4.79 Å². The third kappa shape index (κ3) is 3.65. The van der Waals surface area contributed by atoms with Crippen molar-refractivity contribution in [3.05, 3.63) is 89.5 Å². The highest BCUT2D eigenvalue weighted by Gasteiger charge is 2.27. The SMILES string of the molecule is CSCc1c(C(=O)NC(c2ccccc2F)c2nccn2C)oc2ccccc12. The molecule has 148 valence electrons. The summed E-state index contributed by atoms with van der Waals surface area (Å²) in [6.45, 7) is 0. The highest BCUT2D eigenvalue weighted by Crippen LogP contribution is 2.30. The first-order valence-electron chi connectivity index (χ1n) is 9.12. The zero-order chi connectivity index (χ0) is 20.4. The monoisotopic (exact) mass is 409 g/mol. The topological polar surface area (TPSA) is 60.1 Å². The van der Waals surface area contributed by atoms with Gasteiger partial charge in [0.1, 0.15) is 23.3 Å². The molecule has 7 heteroatoms. The van der Waals surface area contributed by atoms with Crippen molar-refractivity contribution < 1.29 is 13.6 Å². The van der Waals surface area contributed by atoms with Crippen molar-refractivity contribution in [2.24, 2.45) is 7.05 Å². The molecule has 0 fully saturated rings. The molecule has 4 aromatic rings. The first-order valence-corrected chi connectivity index (χ1v) is 10.5. The van der Waals surface area contributed by atoms with Crippen LogP contribution in [0, 0.1) is 5.82 Å². The Labute approximate surface area is 171 Å². The number of carbonyl (C=O) groups excluding carboxylic acids is 1. The Morgan fingerprint density at radius 3 is 2.72 bits per heavy atom. The van der Waals surface area contributed by atoms with Crippen LogP contribution in [0.5, 0.6) is 0 Å². The molecule has 2 aromatic heterocycles. The summed E-state index contributed by atoms with van der Waals surface area (Å²) in [5, 5.41) is 3.84. The van der Waals surface area contributed by atoms with Gasteiger partial charge in [-0.2, -0.15) is 11.8 Å². The van der Waals surface area contributed by atoms with Crippen molar-refractivity contribution in [1.29, 1.82) is 0 Å². The molecule has 0 saturated carbocycles. The molecule has 2 heterocycles. The maximum atomic E-state index is 14.6. The zero-order valence-corrected chi connectivity index (χ0v) is 16.9. The molecule has 1 N–H and O–H groups in total. The molecule has 0 aliphatic carbocycles. The standard InChI is InChI=1S/C22H20FN3O2S/c1-26-12-11-24-21(26)19(15-8-3-5-9-17(15)23)25-22(27)20-16(13-29-2)14-7-4-6-10-18(14)28-20/h3-12,19H,13H2,1-2H3,(H,25,27). The van der Waals surface area contributed by atoms with Crippen LogP contribution in [0.3, 0.4) is 0 Å². The van der Waals surface area contributed by atoms with E-state index in [4.69, 9.17) is 4.42 Å². The Morgan fingerprint density at radius 1 is 1.24 bits per heavy atom. The quantitative estimate of drug-likeness (QED) is 0.502. The number of nitrogens with zero attached hydrogens (tertiary/aromatic N) is 2. The number of benzene rings is 2. The van der Waals surface area contributed by atoms with Gasteiger partial charge in [0.15, 0.2) is 5.76 Å². The van der Waals surface area contributed by atoms with Gasteiger partial charge in [-0.15, -0.1) is 0 Å². The lowest BCUT2D eigenvalue weighted by atomic mass is 10.0. The van der Waals surface area contributed by atoms with Gasteiger partial charge in [0, 0.05) is 41.7 Å². The number of amides is 1. The predicted molar refractivity (Wildman–Crippen MR) is 112 cm³/mol. The summed E-state index contributed by atoms with van der Waals surface area (Å²) in [7, 11) is 1.81. The van der Waals surface area contributed by atoms with E-state index in [0.717, 1.165) is 10.9 Å². The zero-order valence-electron chi connectivity index (χ0n) is 16.1. The van der Waals surface area contributed by atoms with Crippen molar-refractivity contribution in [2.75, 3.05) is 6.26 Å². The Hall–Kier alpha value is -3.06. The minimum Gasteiger partial charge on any atom is -0.451 e. The second-order valence-corrected chi connectivity index (χ2v) is 7.53. The van der Waals surface area contributed by atoms with Gasteiger partial charge in [-0.05, 0) is 18.4 Å². The Kier molecular flexibility index (Phi) is 5.40. The van der Waals surface area contributed by atoms with Gasteiger partial charge in [-0.25, -0.2) is 9.37 Å². The number of aromatic nitrogens is 2. The molecule has 0 aliphatic rings. The summed E-state index contributed by atoms with van der Waals surface area (Å²) in [5.41, 5.74) is 1.83. The Morgan fingerprint density at radius 2 is 2.00 bits per heavy atom. The minimum atomic E-state index is -0.751. The third-order valence-electron chi connectivity index (χ3n) is 4.80. The Balaban J connectivity index is 1.76. The molecule has 2 aromatic carbocycles. The summed E-state index contributed by atoms with van der Waals surface area (Å²) in [5.74, 6) is 0.602. The summed E-state index contributed by atoms with van der Waals surface area (Å²) >= 11 is 1.61. The number of fused-ring (bicyclic) bond motifs is 1. The first-order chi connectivity index (χ1) is 14.1. The van der Waals surface area contributed by atoms with Gasteiger partial charge in [0.25, 0.3) is 5.91 Å². The van der Waals surface area contributed by atoms with E-state index in [0.29, 0.717) is 22.7 Å². The van der Waals surface area contributed by atoms with Crippen LogP contribution in [0.15, 0.2) is 65.3 Å². The molecular weight excluding hydrogens is 389 g/mol. The molecule has 0 bridgehead atoms. The average Bonchev–Trinajstić information content (AvgIpc) is 3.31. The summed E-state index contributed by atoms with van der Waals surface area (Å²) in [6.07, 6.45) is 5.35. The van der Waals surface area contributed by atoms with Crippen LogP contribution < -0.4 is 5.32 Å². The second-order valence-electron chi connectivity index (χ2n) is 6.66. The lowest BCUT2D eigenvalue weighted by Gasteiger charge is -2.19. The maximum absolute atomic E-state index is 14.6. The Bertz CT molecular complexity index is 1170. The summed E-state index contributed by atoms with van der Waals surface area (Å²) < 4.78 is 22.2. The lowest BCUT2D eigenvalue weighted by molar-refractivity contribution is 0.0914. The molecule has 29 heavy (non-hydrogen) atoms. The van der Waals surface area contributed by atoms with Crippen LogP contribution >= 0.6 is 11.8 Å². The van der Waals surface area contributed by atoms with Crippen molar-refractivity contribution >= 4 is 28.6 Å². The third-order valence-corrected chi connectivity index (χ3v) is 5.38. The van der Waals surface area contributed by atoms with E-state index in [9.17, 15) is 9.18 Å². The lowest BCUT2D eigenvalue weighted by Crippen LogP contribution is -2.32. The number of furan rings is 1. The number of halogens is 1. The van der Waals surface area contributed by atoms with E-state index in [1.54, 1.807) is 46.9 Å². The maximum Gasteiger partial charge on any atom is 0.288 e. The molecular formula is C22H20FN3O2S. The molecule has 0 radical (unpaired) electrons. The van der Waals surface area contributed by atoms with E-state index in [-0.39, 0.29) is 5.76 Å². The summed E-state index contributed by atoms with van der Waals surface area (Å²) in [6, 6.07) is 13.2. The van der Waals surface area contributed by atoms with Gasteiger partial charge in [0.2, 0.25) is 0 Å². The number of aryl methyl sites for hydroxylation is 1. The van der Waals surface area contributed by atoms with Crippen molar-refractivity contribution in [3.8, 4) is 0 Å². The van der Waals surface area contributed by atoms with Crippen LogP contribution in [0.25, 0.3) is 11.0 Å². The fourth-order valence-corrected chi connectivity index (χ4v) is 3.99. The number of hydrogen-bond donors (Lipinski definition) is 1. The van der Waals surface area contributed by atoms with Crippen LogP contribution in [0.2, 0.25) is 0 Å². The highest BCUT2D eigenvalue weighted by atomic mass is 32.2. The molecule has 0 saturated heterocycles. The molecule has 0 aliphatic heterocycles. The fraction of sp³-hybridized carbons (Fsp3) is 0.182. The number of imidazole rings is 1. The van der Waals surface area contributed by atoms with E-state index >= 15 is 0 Å².